The number of hydrogen-bond donors (Lipinski definition) is 0. The number of fused-ring (bicyclic) bond motifs is 1. The predicted molar refractivity (Wildman–Crippen MR) is 94.6 cm³/mol. The molecule has 128 valence electrons. The molecule has 0 N–H and O–H groups in total. The average molecular weight is 378 g/mol. The van der Waals surface area contributed by atoms with Crippen molar-refractivity contribution in [2.24, 2.45) is 0 Å². The molecule has 2 aromatic rings. The summed E-state index contributed by atoms with van der Waals surface area (Å²) in [5, 5.41) is 0.408. The number of imide groups is 1. The number of ether oxygens (including phenoxy) is 1. The Labute approximate surface area is 154 Å². The zero-order chi connectivity index (χ0) is 18.3. The van der Waals surface area contributed by atoms with Crippen LogP contribution in [0.5, 0.6) is 0 Å². The molecular weight excluding hydrogens is 365 g/mol. The lowest BCUT2D eigenvalue weighted by Crippen LogP contribution is -2.29. The number of anilines is 1. The van der Waals surface area contributed by atoms with Gasteiger partial charge in [-0.1, -0.05) is 23.2 Å². The molecular formula is C18H13Cl2NO4. The SMILES string of the molecule is CC(C)OC(=O)c1ccc(N2C(=O)c3cc(Cl)c(Cl)cc3C2=O)cc1. The summed E-state index contributed by atoms with van der Waals surface area (Å²) in [7, 11) is 0. The van der Waals surface area contributed by atoms with E-state index in [0.717, 1.165) is 4.90 Å². The van der Waals surface area contributed by atoms with Gasteiger partial charge in [-0.2, -0.15) is 0 Å². The molecule has 25 heavy (non-hydrogen) atoms. The Hall–Kier alpha value is -2.37. The summed E-state index contributed by atoms with van der Waals surface area (Å²) in [4.78, 5) is 38.0. The van der Waals surface area contributed by atoms with Crippen LogP contribution in [0.1, 0.15) is 44.9 Å². The fourth-order valence-electron chi connectivity index (χ4n) is 2.50. The van der Waals surface area contributed by atoms with Gasteiger partial charge in [0, 0.05) is 0 Å². The van der Waals surface area contributed by atoms with Crippen LogP contribution in [0.25, 0.3) is 0 Å². The minimum absolute atomic E-state index is 0.197. The molecule has 5 nitrogen and oxygen atoms in total. The van der Waals surface area contributed by atoms with Gasteiger partial charge in [0.25, 0.3) is 11.8 Å². The number of esters is 1. The van der Waals surface area contributed by atoms with Crippen molar-refractivity contribution in [3.05, 3.63) is 63.1 Å². The predicted octanol–water partition coefficient (Wildman–Crippen LogP) is 4.36. The highest BCUT2D eigenvalue weighted by atomic mass is 35.5. The fourth-order valence-corrected chi connectivity index (χ4v) is 2.82. The molecule has 0 fully saturated rings. The zero-order valence-corrected chi connectivity index (χ0v) is 14.9. The number of amides is 2. The molecule has 2 aromatic carbocycles. The Morgan fingerprint density at radius 1 is 0.960 bits per heavy atom. The van der Waals surface area contributed by atoms with Gasteiger partial charge in [0.15, 0.2) is 0 Å². The lowest BCUT2D eigenvalue weighted by Gasteiger charge is -2.14. The van der Waals surface area contributed by atoms with Gasteiger partial charge >= 0.3 is 5.97 Å². The molecule has 0 saturated carbocycles. The number of carbonyl (C=O) groups excluding carboxylic acids is 3. The van der Waals surface area contributed by atoms with Crippen LogP contribution in [0.15, 0.2) is 36.4 Å². The van der Waals surface area contributed by atoms with Crippen molar-refractivity contribution < 1.29 is 19.1 Å². The first-order valence-electron chi connectivity index (χ1n) is 7.48. The number of hydrogen-bond acceptors (Lipinski definition) is 4. The fraction of sp³-hybridized carbons (Fsp3) is 0.167. The van der Waals surface area contributed by atoms with Crippen LogP contribution in [-0.4, -0.2) is 23.9 Å². The smallest absolute Gasteiger partial charge is 0.338 e. The molecule has 0 radical (unpaired) electrons. The van der Waals surface area contributed by atoms with Gasteiger partial charge in [0.2, 0.25) is 0 Å². The van der Waals surface area contributed by atoms with Gasteiger partial charge in [-0.05, 0) is 50.2 Å². The molecule has 3 rings (SSSR count). The standard InChI is InChI=1S/C18H13Cl2NO4/c1-9(2)25-18(24)10-3-5-11(6-4-10)21-16(22)12-7-14(19)15(20)8-13(12)17(21)23/h3-9H,1-2H3. The first-order valence-corrected chi connectivity index (χ1v) is 8.24. The quantitative estimate of drug-likeness (QED) is 0.588. The first kappa shape index (κ1) is 17.5. The van der Waals surface area contributed by atoms with Crippen LogP contribution in [0.2, 0.25) is 10.0 Å². The number of halogens is 2. The van der Waals surface area contributed by atoms with Gasteiger partial charge in [0.1, 0.15) is 0 Å². The third-order valence-electron chi connectivity index (χ3n) is 3.63. The summed E-state index contributed by atoms with van der Waals surface area (Å²) in [6, 6.07) is 8.80. The highest BCUT2D eigenvalue weighted by Gasteiger charge is 2.37. The van der Waals surface area contributed by atoms with E-state index in [0.29, 0.717) is 11.3 Å². The lowest BCUT2D eigenvalue weighted by molar-refractivity contribution is 0.0377. The molecule has 1 aliphatic rings. The Balaban J connectivity index is 1.92. The van der Waals surface area contributed by atoms with Gasteiger partial charge in [0.05, 0.1) is 38.5 Å². The second kappa shape index (κ2) is 6.50. The lowest BCUT2D eigenvalue weighted by atomic mass is 10.1. The second-order valence-corrected chi connectivity index (χ2v) is 6.57. The molecule has 0 bridgehead atoms. The van der Waals surface area contributed by atoms with Crippen molar-refractivity contribution in [1.82, 2.24) is 0 Å². The molecule has 0 atom stereocenters. The Kier molecular flexibility index (Phi) is 4.54. The number of benzene rings is 2. The van der Waals surface area contributed by atoms with Crippen molar-refractivity contribution in [3.8, 4) is 0 Å². The van der Waals surface area contributed by atoms with Crippen LogP contribution in [0.3, 0.4) is 0 Å². The Morgan fingerprint density at radius 2 is 1.44 bits per heavy atom. The highest BCUT2D eigenvalue weighted by Crippen LogP contribution is 2.34. The first-order chi connectivity index (χ1) is 11.8. The van der Waals surface area contributed by atoms with Crippen molar-refractivity contribution in [1.29, 1.82) is 0 Å². The molecule has 0 aliphatic carbocycles. The summed E-state index contributed by atoms with van der Waals surface area (Å²) >= 11 is 11.9. The minimum Gasteiger partial charge on any atom is -0.459 e. The summed E-state index contributed by atoms with van der Waals surface area (Å²) in [5.74, 6) is -1.45. The Bertz CT molecular complexity index is 850. The minimum atomic E-state index is -0.490. The summed E-state index contributed by atoms with van der Waals surface area (Å²) < 4.78 is 5.11. The van der Waals surface area contributed by atoms with E-state index < -0.39 is 17.8 Å². The largest absolute Gasteiger partial charge is 0.459 e. The van der Waals surface area contributed by atoms with Crippen molar-refractivity contribution in [2.45, 2.75) is 20.0 Å². The molecule has 0 saturated heterocycles. The monoisotopic (exact) mass is 377 g/mol. The van der Waals surface area contributed by atoms with E-state index in [9.17, 15) is 14.4 Å². The normalized spacial score (nSPS) is 13.4. The van der Waals surface area contributed by atoms with Crippen molar-refractivity contribution in [2.75, 3.05) is 4.90 Å². The van der Waals surface area contributed by atoms with Crippen LogP contribution in [0, 0.1) is 0 Å². The van der Waals surface area contributed by atoms with Gasteiger partial charge in [-0.3, -0.25) is 9.59 Å². The van der Waals surface area contributed by atoms with E-state index in [1.54, 1.807) is 13.8 Å². The molecule has 0 spiro atoms. The van der Waals surface area contributed by atoms with E-state index >= 15 is 0 Å². The zero-order valence-electron chi connectivity index (χ0n) is 13.4. The highest BCUT2D eigenvalue weighted by molar-refractivity contribution is 6.44. The van der Waals surface area contributed by atoms with Crippen LogP contribution in [0.4, 0.5) is 5.69 Å². The van der Waals surface area contributed by atoms with E-state index in [4.69, 9.17) is 27.9 Å². The summed E-state index contributed by atoms with van der Waals surface area (Å²) in [6.07, 6.45) is -0.238. The molecule has 1 aliphatic heterocycles. The second-order valence-electron chi connectivity index (χ2n) is 5.76. The van der Waals surface area contributed by atoms with Crippen LogP contribution >= 0.6 is 23.2 Å². The number of nitrogens with zero attached hydrogens (tertiary/aromatic N) is 1. The topological polar surface area (TPSA) is 63.7 Å². The van der Waals surface area contributed by atoms with Crippen molar-refractivity contribution >= 4 is 46.7 Å². The van der Waals surface area contributed by atoms with Crippen molar-refractivity contribution in [3.63, 3.8) is 0 Å². The maximum absolute atomic E-state index is 12.5. The number of rotatable bonds is 3. The van der Waals surface area contributed by atoms with E-state index in [1.165, 1.54) is 36.4 Å². The van der Waals surface area contributed by atoms with Crippen LogP contribution < -0.4 is 4.90 Å². The summed E-state index contributed by atoms with van der Waals surface area (Å²) in [6.45, 7) is 3.50. The van der Waals surface area contributed by atoms with Crippen LogP contribution in [-0.2, 0) is 4.74 Å². The molecule has 0 unspecified atom stereocenters. The average Bonchev–Trinajstić information content (AvgIpc) is 2.79. The molecule has 2 amide bonds. The Morgan fingerprint density at radius 3 is 1.88 bits per heavy atom. The van der Waals surface area contributed by atoms with Gasteiger partial charge in [-0.15, -0.1) is 0 Å². The molecule has 1 heterocycles. The maximum Gasteiger partial charge on any atom is 0.338 e. The number of carbonyl (C=O) groups is 3. The summed E-state index contributed by atoms with van der Waals surface area (Å²) in [5.41, 5.74) is 1.07. The molecule has 7 heteroatoms. The third-order valence-corrected chi connectivity index (χ3v) is 4.35. The van der Waals surface area contributed by atoms with E-state index in [2.05, 4.69) is 0 Å². The molecule has 0 aromatic heterocycles. The third kappa shape index (κ3) is 3.13. The van der Waals surface area contributed by atoms with Gasteiger partial charge in [-0.25, -0.2) is 9.69 Å². The maximum atomic E-state index is 12.5. The van der Waals surface area contributed by atoms with E-state index in [-0.39, 0.29) is 27.3 Å². The van der Waals surface area contributed by atoms with Gasteiger partial charge < -0.3 is 4.74 Å². The van der Waals surface area contributed by atoms with E-state index in [1.807, 2.05) is 0 Å².